The van der Waals surface area contributed by atoms with E-state index in [2.05, 4.69) is 26.1 Å². The molecule has 0 bridgehead atoms. The number of rotatable bonds is 4. The molecule has 1 saturated heterocycles. The smallest absolute Gasteiger partial charge is 0.409 e. The lowest BCUT2D eigenvalue weighted by atomic mass is 9.89. The van der Waals surface area contributed by atoms with Gasteiger partial charge in [0.25, 0.3) is 0 Å². The van der Waals surface area contributed by atoms with Crippen molar-refractivity contribution in [1.29, 1.82) is 0 Å². The number of hydrogen-bond donors (Lipinski definition) is 1. The van der Waals surface area contributed by atoms with E-state index < -0.39 is 0 Å². The van der Waals surface area contributed by atoms with Gasteiger partial charge in [-0.05, 0) is 30.1 Å². The van der Waals surface area contributed by atoms with E-state index in [9.17, 15) is 4.79 Å². The largest absolute Gasteiger partial charge is 0.453 e. The first-order chi connectivity index (χ1) is 9.37. The van der Waals surface area contributed by atoms with Gasteiger partial charge in [0.2, 0.25) is 0 Å². The predicted octanol–water partition coefficient (Wildman–Crippen LogP) is 2.88. The first-order valence-electron chi connectivity index (χ1n) is 7.93. The quantitative estimate of drug-likeness (QED) is 0.862. The topological polar surface area (TPSA) is 41.6 Å². The number of nitrogens with one attached hydrogen (secondary N) is 1. The molecule has 0 aromatic heterocycles. The molecule has 1 heterocycles. The van der Waals surface area contributed by atoms with Crippen molar-refractivity contribution >= 4 is 6.09 Å². The van der Waals surface area contributed by atoms with E-state index in [4.69, 9.17) is 4.74 Å². The van der Waals surface area contributed by atoms with Gasteiger partial charge in [-0.25, -0.2) is 4.79 Å². The zero-order valence-corrected chi connectivity index (χ0v) is 13.4. The monoisotopic (exact) mass is 282 g/mol. The molecule has 0 aromatic rings. The molecule has 0 radical (unpaired) electrons. The van der Waals surface area contributed by atoms with E-state index in [1.807, 2.05) is 4.90 Å². The molecule has 0 spiro atoms. The number of piperidine rings is 1. The van der Waals surface area contributed by atoms with Gasteiger partial charge < -0.3 is 15.0 Å². The van der Waals surface area contributed by atoms with Gasteiger partial charge >= 0.3 is 6.09 Å². The number of nitrogens with zero attached hydrogens (tertiary/aromatic N) is 1. The maximum absolute atomic E-state index is 11.8. The summed E-state index contributed by atoms with van der Waals surface area (Å²) in [6.07, 6.45) is 5.07. The maximum Gasteiger partial charge on any atom is 0.409 e. The van der Waals surface area contributed by atoms with Gasteiger partial charge in [0.15, 0.2) is 0 Å². The minimum atomic E-state index is -0.173. The molecule has 2 rings (SSSR count). The predicted molar refractivity (Wildman–Crippen MR) is 80.7 cm³/mol. The third-order valence-corrected chi connectivity index (χ3v) is 4.25. The molecule has 4 heteroatoms. The lowest BCUT2D eigenvalue weighted by molar-refractivity contribution is 0.0863. The lowest BCUT2D eigenvalue weighted by Crippen LogP contribution is -2.52. The Balaban J connectivity index is 1.90. The van der Waals surface area contributed by atoms with Crippen LogP contribution in [0.2, 0.25) is 0 Å². The van der Waals surface area contributed by atoms with Crippen molar-refractivity contribution in [1.82, 2.24) is 10.2 Å². The van der Waals surface area contributed by atoms with Gasteiger partial charge in [-0.2, -0.15) is 0 Å². The van der Waals surface area contributed by atoms with Crippen LogP contribution in [0.4, 0.5) is 4.79 Å². The van der Waals surface area contributed by atoms with Gasteiger partial charge in [-0.3, -0.25) is 0 Å². The summed E-state index contributed by atoms with van der Waals surface area (Å²) in [7, 11) is 1.48. The van der Waals surface area contributed by atoms with E-state index in [0.29, 0.717) is 12.0 Å². The van der Waals surface area contributed by atoms with Crippen LogP contribution in [0.1, 0.15) is 46.5 Å². The molecule has 1 saturated carbocycles. The van der Waals surface area contributed by atoms with E-state index in [1.54, 1.807) is 0 Å². The number of hydrogen-bond acceptors (Lipinski definition) is 3. The van der Waals surface area contributed by atoms with Crippen molar-refractivity contribution in [3.63, 3.8) is 0 Å². The van der Waals surface area contributed by atoms with Gasteiger partial charge in [0.1, 0.15) is 0 Å². The first-order valence-corrected chi connectivity index (χ1v) is 7.93. The summed E-state index contributed by atoms with van der Waals surface area (Å²) >= 11 is 0. The van der Waals surface area contributed by atoms with Crippen molar-refractivity contribution in [2.24, 2.45) is 17.3 Å². The molecule has 0 aromatic carbocycles. The number of methoxy groups -OCH3 is 1. The summed E-state index contributed by atoms with van der Waals surface area (Å²) in [6.45, 7) is 9.36. The summed E-state index contributed by atoms with van der Waals surface area (Å²) in [5, 5.41) is 3.64. The molecular formula is C16H30N2O2. The fraction of sp³-hybridized carbons (Fsp3) is 0.938. The summed E-state index contributed by atoms with van der Waals surface area (Å²) in [5.74, 6) is 1.55. The van der Waals surface area contributed by atoms with Crippen LogP contribution in [0.15, 0.2) is 0 Å². The molecule has 1 amide bonds. The van der Waals surface area contributed by atoms with Crippen molar-refractivity contribution in [2.75, 3.05) is 26.7 Å². The van der Waals surface area contributed by atoms with Crippen LogP contribution in [0.3, 0.4) is 0 Å². The van der Waals surface area contributed by atoms with E-state index in [1.165, 1.54) is 32.8 Å². The average molecular weight is 282 g/mol. The van der Waals surface area contributed by atoms with Crippen LogP contribution in [0.25, 0.3) is 0 Å². The summed E-state index contributed by atoms with van der Waals surface area (Å²) in [4.78, 5) is 13.7. The zero-order chi connectivity index (χ0) is 14.8. The Labute approximate surface area is 123 Å². The highest BCUT2D eigenvalue weighted by molar-refractivity contribution is 5.67. The summed E-state index contributed by atoms with van der Waals surface area (Å²) in [5.41, 5.74) is 0.277. The molecule has 20 heavy (non-hydrogen) atoms. The Morgan fingerprint density at radius 2 is 1.95 bits per heavy atom. The van der Waals surface area contributed by atoms with Crippen LogP contribution >= 0.6 is 0 Å². The Hall–Kier alpha value is -0.770. The van der Waals surface area contributed by atoms with Crippen molar-refractivity contribution < 1.29 is 9.53 Å². The van der Waals surface area contributed by atoms with Gasteiger partial charge in [-0.15, -0.1) is 0 Å². The van der Waals surface area contributed by atoms with E-state index >= 15 is 0 Å². The Morgan fingerprint density at radius 3 is 2.50 bits per heavy atom. The minimum Gasteiger partial charge on any atom is -0.453 e. The van der Waals surface area contributed by atoms with Crippen LogP contribution in [0.5, 0.6) is 0 Å². The molecule has 1 aliphatic heterocycles. The molecular weight excluding hydrogens is 252 g/mol. The normalized spacial score (nSPS) is 27.5. The highest BCUT2D eigenvalue weighted by Gasteiger charge is 2.34. The number of carbonyl (C=O) groups is 1. The van der Waals surface area contributed by atoms with Gasteiger partial charge in [-0.1, -0.05) is 33.6 Å². The van der Waals surface area contributed by atoms with Crippen molar-refractivity contribution in [2.45, 2.75) is 52.5 Å². The van der Waals surface area contributed by atoms with Crippen molar-refractivity contribution in [3.8, 4) is 0 Å². The highest BCUT2D eigenvalue weighted by Crippen LogP contribution is 2.37. The number of likely N-dealkylation sites (tertiary alicyclic amines) is 1. The number of ether oxygens (including phenoxy) is 1. The second kappa shape index (κ2) is 6.33. The van der Waals surface area contributed by atoms with E-state index in [-0.39, 0.29) is 11.5 Å². The van der Waals surface area contributed by atoms with Crippen LogP contribution in [-0.2, 0) is 4.74 Å². The van der Waals surface area contributed by atoms with Gasteiger partial charge in [0, 0.05) is 25.7 Å². The van der Waals surface area contributed by atoms with Crippen LogP contribution < -0.4 is 5.32 Å². The molecule has 4 nitrogen and oxygen atoms in total. The molecule has 2 atom stereocenters. The molecule has 1 N–H and O–H groups in total. The second-order valence-electron chi connectivity index (χ2n) is 7.79. The average Bonchev–Trinajstić information content (AvgIpc) is 3.18. The van der Waals surface area contributed by atoms with Gasteiger partial charge in [0.05, 0.1) is 7.11 Å². The zero-order valence-electron chi connectivity index (χ0n) is 13.4. The minimum absolute atomic E-state index is 0.173. The van der Waals surface area contributed by atoms with Crippen molar-refractivity contribution in [3.05, 3.63) is 0 Å². The standard InChI is InChI=1S/C16H30N2O2/c1-16(2,3)11-17-14-8-13(7-12-5-6-12)9-18(10-14)15(19)20-4/h12-14,17H,5-11H2,1-4H3. The molecule has 2 unspecified atom stereocenters. The fourth-order valence-electron chi connectivity index (χ4n) is 3.08. The van der Waals surface area contributed by atoms with Crippen LogP contribution in [0, 0.1) is 17.3 Å². The lowest BCUT2D eigenvalue weighted by Gasteiger charge is -2.38. The second-order valence-corrected chi connectivity index (χ2v) is 7.79. The number of carbonyl (C=O) groups excluding carboxylic acids is 1. The molecule has 2 fully saturated rings. The molecule has 2 aliphatic rings. The Bertz CT molecular complexity index is 334. The Morgan fingerprint density at radius 1 is 1.25 bits per heavy atom. The SMILES string of the molecule is COC(=O)N1CC(CC2CC2)CC(NCC(C)(C)C)C1. The molecule has 116 valence electrons. The maximum atomic E-state index is 11.8. The van der Waals surface area contributed by atoms with E-state index in [0.717, 1.165) is 25.6 Å². The fourth-order valence-corrected chi connectivity index (χ4v) is 3.08. The summed E-state index contributed by atoms with van der Waals surface area (Å²) < 4.78 is 4.91. The third kappa shape index (κ3) is 4.97. The molecule has 1 aliphatic carbocycles. The summed E-state index contributed by atoms with van der Waals surface area (Å²) in [6, 6.07) is 0.408. The highest BCUT2D eigenvalue weighted by atomic mass is 16.5. The third-order valence-electron chi connectivity index (χ3n) is 4.25. The Kier molecular flexibility index (Phi) is 4.95. The number of amides is 1. The van der Waals surface area contributed by atoms with Crippen LogP contribution in [-0.4, -0.2) is 43.8 Å². The first kappa shape index (κ1) is 15.6.